The third-order valence-corrected chi connectivity index (χ3v) is 6.21. The second kappa shape index (κ2) is 7.99. The highest BCUT2D eigenvalue weighted by Crippen LogP contribution is 2.59. The van der Waals surface area contributed by atoms with Crippen LogP contribution in [-0.2, 0) is 4.74 Å². The van der Waals surface area contributed by atoms with E-state index >= 15 is 0 Å². The fourth-order valence-corrected chi connectivity index (χ4v) is 4.38. The molecule has 0 amide bonds. The van der Waals surface area contributed by atoms with Crippen LogP contribution in [0.25, 0.3) is 0 Å². The number of nitrogens with one attached hydrogen (secondary N) is 1. The molecule has 32 heavy (non-hydrogen) atoms. The number of methoxy groups -OCH3 is 1. The molecule has 1 N–H and O–H groups in total. The highest BCUT2D eigenvalue weighted by molar-refractivity contribution is 5.94. The van der Waals surface area contributed by atoms with Crippen LogP contribution in [0.2, 0.25) is 0 Å². The van der Waals surface area contributed by atoms with Gasteiger partial charge in [-0.3, -0.25) is 9.59 Å². The molecule has 2 heterocycles. The van der Waals surface area contributed by atoms with Gasteiger partial charge < -0.3 is 14.5 Å². The lowest BCUT2D eigenvalue weighted by atomic mass is 9.76. The first kappa shape index (κ1) is 23.9. The Morgan fingerprint density at radius 3 is 2.38 bits per heavy atom. The monoisotopic (exact) mass is 459 g/mol. The number of hydrogen-bond donors (Lipinski definition) is 1. The molecule has 1 aromatic carbocycles. The number of Topliss-reactive ketones (excluding diaryl/α,β-unsaturated/α-hetero) is 1. The van der Waals surface area contributed by atoms with Crippen molar-refractivity contribution in [3.63, 3.8) is 0 Å². The summed E-state index contributed by atoms with van der Waals surface area (Å²) >= 11 is 0. The van der Waals surface area contributed by atoms with Crippen LogP contribution in [-0.4, -0.2) is 29.7 Å². The van der Waals surface area contributed by atoms with Crippen molar-refractivity contribution in [3.8, 4) is 5.75 Å². The minimum Gasteiger partial charge on any atom is -0.493 e. The first-order valence-electron chi connectivity index (χ1n) is 9.75. The van der Waals surface area contributed by atoms with Crippen molar-refractivity contribution in [1.29, 1.82) is 0 Å². The molecule has 1 aliphatic heterocycles. The molecule has 3 rings (SSSR count). The van der Waals surface area contributed by atoms with Crippen LogP contribution >= 0.6 is 0 Å². The summed E-state index contributed by atoms with van der Waals surface area (Å²) in [5.41, 5.74) is -3.37. The van der Waals surface area contributed by atoms with E-state index in [1.165, 1.54) is 20.8 Å². The van der Waals surface area contributed by atoms with Gasteiger partial charge in [0.2, 0.25) is 5.82 Å². The molecule has 0 unspecified atom stereocenters. The number of ether oxygens (including phenoxy) is 2. The Labute approximate surface area is 180 Å². The smallest absolute Gasteiger partial charge is 0.417 e. The van der Waals surface area contributed by atoms with Gasteiger partial charge in [-0.15, -0.1) is 0 Å². The number of carbonyl (C=O) groups excluding carboxylic acids is 1. The van der Waals surface area contributed by atoms with Gasteiger partial charge in [-0.05, 0) is 26.8 Å². The standard InChI is InChI=1S/C22H22F5NO4/c1-9-16(12-6-7-13(23)18(24)19(12)31-5)20(32-21(9,4)22(25,26)27)14-8-15(30)17(11(3)29)10(2)28-14/h6-9,16,20H,1-5H3,(H,28,30)/t9-,16-,20-,21+/m0/s1. The molecule has 174 valence electrons. The normalized spacial score (nSPS) is 25.8. The van der Waals surface area contributed by atoms with E-state index in [-0.39, 0.29) is 22.5 Å². The van der Waals surface area contributed by atoms with E-state index in [1.807, 2.05) is 0 Å². The number of rotatable bonds is 4. The Balaban J connectivity index is 2.28. The fourth-order valence-electron chi connectivity index (χ4n) is 4.38. The van der Waals surface area contributed by atoms with Gasteiger partial charge in [0.1, 0.15) is 6.10 Å². The molecule has 4 atom stereocenters. The van der Waals surface area contributed by atoms with Crippen molar-refractivity contribution in [2.24, 2.45) is 5.92 Å². The second-order valence-corrected chi connectivity index (χ2v) is 8.09. The summed E-state index contributed by atoms with van der Waals surface area (Å²) in [6.45, 7) is 4.79. The number of H-pyrrole nitrogens is 1. The number of aryl methyl sites for hydroxylation is 1. The Bertz CT molecular complexity index is 1130. The Morgan fingerprint density at radius 1 is 1.25 bits per heavy atom. The molecule has 0 spiro atoms. The van der Waals surface area contributed by atoms with Gasteiger partial charge in [-0.2, -0.15) is 17.6 Å². The summed E-state index contributed by atoms with van der Waals surface area (Å²) < 4.78 is 80.7. The number of carbonyl (C=O) groups is 1. The van der Waals surface area contributed by atoms with Crippen LogP contribution in [0.3, 0.4) is 0 Å². The second-order valence-electron chi connectivity index (χ2n) is 8.09. The topological polar surface area (TPSA) is 68.4 Å². The molecular weight excluding hydrogens is 437 g/mol. The fraction of sp³-hybridized carbons (Fsp3) is 0.455. The SMILES string of the molecule is COc1c([C@H]2[C@H](c3cc(=O)c(C(C)=O)c(C)[nH]3)O[C@@](C)(C(F)(F)F)[C@H]2C)ccc(F)c1F. The number of ketones is 1. The summed E-state index contributed by atoms with van der Waals surface area (Å²) in [6, 6.07) is 2.95. The van der Waals surface area contributed by atoms with Crippen molar-refractivity contribution >= 4 is 5.78 Å². The maximum absolute atomic E-state index is 14.4. The molecule has 0 saturated carbocycles. The summed E-state index contributed by atoms with van der Waals surface area (Å²) in [4.78, 5) is 27.1. The lowest BCUT2D eigenvalue weighted by molar-refractivity contribution is -0.275. The zero-order valence-corrected chi connectivity index (χ0v) is 18.0. The maximum Gasteiger partial charge on any atom is 0.417 e. The molecule has 0 aliphatic carbocycles. The lowest BCUT2D eigenvalue weighted by Crippen LogP contribution is -2.46. The molecule has 1 saturated heterocycles. The molecular formula is C22H22F5NO4. The average molecular weight is 459 g/mol. The molecule has 0 bridgehead atoms. The number of aromatic nitrogens is 1. The summed E-state index contributed by atoms with van der Waals surface area (Å²) in [6.07, 6.45) is -6.19. The third kappa shape index (κ3) is 3.60. The van der Waals surface area contributed by atoms with Crippen LogP contribution in [0.4, 0.5) is 22.0 Å². The van der Waals surface area contributed by atoms with Crippen molar-refractivity contribution < 1.29 is 36.2 Å². The number of benzene rings is 1. The Kier molecular flexibility index (Phi) is 5.97. The largest absolute Gasteiger partial charge is 0.493 e. The highest BCUT2D eigenvalue weighted by atomic mass is 19.4. The molecule has 1 fully saturated rings. The lowest BCUT2D eigenvalue weighted by Gasteiger charge is -2.32. The van der Waals surface area contributed by atoms with E-state index in [0.29, 0.717) is 0 Å². The van der Waals surface area contributed by atoms with Gasteiger partial charge in [0.25, 0.3) is 0 Å². The molecule has 0 radical (unpaired) electrons. The summed E-state index contributed by atoms with van der Waals surface area (Å²) in [5, 5.41) is 0. The van der Waals surface area contributed by atoms with E-state index in [2.05, 4.69) is 4.98 Å². The number of aromatic amines is 1. The van der Waals surface area contributed by atoms with Crippen LogP contribution in [0, 0.1) is 24.5 Å². The predicted octanol–water partition coefficient (Wildman–Crippen LogP) is 4.98. The van der Waals surface area contributed by atoms with Gasteiger partial charge in [0.15, 0.2) is 28.4 Å². The minimum atomic E-state index is -4.81. The molecule has 10 heteroatoms. The van der Waals surface area contributed by atoms with Crippen molar-refractivity contribution in [3.05, 3.63) is 62.6 Å². The Morgan fingerprint density at radius 2 is 1.88 bits per heavy atom. The van der Waals surface area contributed by atoms with Crippen molar-refractivity contribution in [2.75, 3.05) is 7.11 Å². The first-order valence-corrected chi connectivity index (χ1v) is 9.75. The quantitative estimate of drug-likeness (QED) is 0.517. The van der Waals surface area contributed by atoms with E-state index in [9.17, 15) is 31.5 Å². The van der Waals surface area contributed by atoms with E-state index in [1.54, 1.807) is 0 Å². The van der Waals surface area contributed by atoms with Crippen LogP contribution in [0.5, 0.6) is 5.75 Å². The average Bonchev–Trinajstić information content (AvgIpc) is 2.95. The van der Waals surface area contributed by atoms with Gasteiger partial charge in [-0.1, -0.05) is 13.0 Å². The zero-order valence-electron chi connectivity index (χ0n) is 18.0. The number of alkyl halides is 3. The van der Waals surface area contributed by atoms with Gasteiger partial charge in [0, 0.05) is 34.9 Å². The first-order chi connectivity index (χ1) is 14.7. The van der Waals surface area contributed by atoms with E-state index < -0.39 is 58.3 Å². The summed E-state index contributed by atoms with van der Waals surface area (Å²) in [5.74, 6) is -6.04. The summed E-state index contributed by atoms with van der Waals surface area (Å²) in [7, 11) is 1.08. The van der Waals surface area contributed by atoms with Crippen molar-refractivity contribution in [1.82, 2.24) is 4.98 Å². The van der Waals surface area contributed by atoms with E-state index in [0.717, 1.165) is 32.2 Å². The molecule has 1 aliphatic rings. The number of pyridine rings is 1. The van der Waals surface area contributed by atoms with Gasteiger partial charge in [0.05, 0.1) is 12.7 Å². The molecule has 5 nitrogen and oxygen atoms in total. The molecule has 1 aromatic heterocycles. The van der Waals surface area contributed by atoms with Gasteiger partial charge in [-0.25, -0.2) is 4.39 Å². The molecule has 2 aromatic rings. The van der Waals surface area contributed by atoms with Gasteiger partial charge >= 0.3 is 6.18 Å². The van der Waals surface area contributed by atoms with Crippen LogP contribution in [0.1, 0.15) is 60.1 Å². The highest BCUT2D eigenvalue weighted by Gasteiger charge is 2.65. The Hall–Kier alpha value is -2.75. The minimum absolute atomic E-state index is 0.0193. The predicted molar refractivity (Wildman–Crippen MR) is 105 cm³/mol. The third-order valence-electron chi connectivity index (χ3n) is 6.21. The maximum atomic E-state index is 14.4. The van der Waals surface area contributed by atoms with Crippen molar-refractivity contribution in [2.45, 2.75) is 51.5 Å². The number of hydrogen-bond acceptors (Lipinski definition) is 4. The van der Waals surface area contributed by atoms with E-state index in [4.69, 9.17) is 9.47 Å². The zero-order chi connectivity index (χ0) is 24.2. The number of halogens is 5. The van der Waals surface area contributed by atoms with Crippen LogP contribution in [0.15, 0.2) is 23.0 Å². The van der Waals surface area contributed by atoms with Crippen LogP contribution < -0.4 is 10.2 Å².